The zero-order chi connectivity index (χ0) is 12.1. The Kier molecular flexibility index (Phi) is 5.54. The molecule has 0 aromatic heterocycles. The monoisotopic (exact) mass is 254 g/mol. The minimum atomic E-state index is -4.20. The molecule has 2 unspecified atom stereocenters. The highest BCUT2D eigenvalue weighted by atomic mass is 32.2. The molecule has 0 aromatic rings. The van der Waals surface area contributed by atoms with E-state index in [1.54, 1.807) is 6.92 Å². The highest BCUT2D eigenvalue weighted by molar-refractivity contribution is 7.86. The van der Waals surface area contributed by atoms with Crippen LogP contribution in [0.1, 0.15) is 13.8 Å². The van der Waals surface area contributed by atoms with E-state index >= 15 is 0 Å². The predicted molar refractivity (Wildman–Crippen MR) is 58.8 cm³/mol. The SMILES string of the molecule is CC#CC(CS(=O)(=O)O)P(C)(=O)OCC. The minimum Gasteiger partial charge on any atom is -0.328 e. The molecule has 0 rings (SSSR count). The molecule has 0 aliphatic rings. The van der Waals surface area contributed by atoms with Crippen molar-refractivity contribution in [3.63, 3.8) is 0 Å². The molecule has 0 aliphatic carbocycles. The highest BCUT2D eigenvalue weighted by Gasteiger charge is 2.31. The summed E-state index contributed by atoms with van der Waals surface area (Å²) in [6.07, 6.45) is 0. The molecule has 0 aromatic carbocycles. The van der Waals surface area contributed by atoms with Crippen molar-refractivity contribution in [3.05, 3.63) is 0 Å². The topological polar surface area (TPSA) is 80.7 Å². The summed E-state index contributed by atoms with van der Waals surface area (Å²) in [7, 11) is -7.33. The molecule has 1 N–H and O–H groups in total. The maximum absolute atomic E-state index is 11.9. The average Bonchev–Trinajstić information content (AvgIpc) is 2.01. The van der Waals surface area contributed by atoms with Gasteiger partial charge in [-0.3, -0.25) is 9.12 Å². The second kappa shape index (κ2) is 5.66. The second-order valence-corrected chi connectivity index (χ2v) is 7.18. The molecule has 0 fully saturated rings. The van der Waals surface area contributed by atoms with Gasteiger partial charge in [0.25, 0.3) is 10.1 Å². The first-order valence-electron chi connectivity index (χ1n) is 4.32. The van der Waals surface area contributed by atoms with Gasteiger partial charge in [0.05, 0.1) is 12.4 Å². The normalized spacial score (nSPS) is 17.3. The van der Waals surface area contributed by atoms with Gasteiger partial charge in [0.15, 0.2) is 0 Å². The van der Waals surface area contributed by atoms with Crippen molar-refractivity contribution in [2.45, 2.75) is 19.5 Å². The quantitative estimate of drug-likeness (QED) is 0.453. The largest absolute Gasteiger partial charge is 0.328 e. The Morgan fingerprint density at radius 3 is 2.40 bits per heavy atom. The third-order valence-corrected chi connectivity index (χ3v) is 4.85. The van der Waals surface area contributed by atoms with Gasteiger partial charge in [-0.15, -0.1) is 5.92 Å². The standard InChI is InChI=1S/C8H15O5PS/c1-4-6-8(7-15(10,11)12)14(3,9)13-5-2/h8H,5,7H2,1-3H3,(H,10,11,12). The smallest absolute Gasteiger partial charge is 0.266 e. The highest BCUT2D eigenvalue weighted by Crippen LogP contribution is 2.48. The van der Waals surface area contributed by atoms with Crippen LogP contribution in [-0.4, -0.2) is 37.7 Å². The first-order chi connectivity index (χ1) is 6.73. The van der Waals surface area contributed by atoms with Crippen molar-refractivity contribution in [1.29, 1.82) is 0 Å². The molecule has 15 heavy (non-hydrogen) atoms. The van der Waals surface area contributed by atoms with Crippen LogP contribution >= 0.6 is 7.37 Å². The van der Waals surface area contributed by atoms with E-state index in [9.17, 15) is 13.0 Å². The van der Waals surface area contributed by atoms with Crippen LogP contribution in [0.25, 0.3) is 0 Å². The number of hydrogen-bond acceptors (Lipinski definition) is 4. The van der Waals surface area contributed by atoms with Gasteiger partial charge in [-0.2, -0.15) is 8.42 Å². The van der Waals surface area contributed by atoms with Gasteiger partial charge < -0.3 is 4.52 Å². The molecule has 5 nitrogen and oxygen atoms in total. The van der Waals surface area contributed by atoms with Gasteiger partial charge in [0.2, 0.25) is 7.37 Å². The fourth-order valence-electron chi connectivity index (χ4n) is 1.01. The lowest BCUT2D eigenvalue weighted by Gasteiger charge is -2.18. The van der Waals surface area contributed by atoms with Crippen LogP contribution < -0.4 is 0 Å². The van der Waals surface area contributed by atoms with E-state index in [1.807, 2.05) is 0 Å². The van der Waals surface area contributed by atoms with Crippen LogP contribution in [0.4, 0.5) is 0 Å². The van der Waals surface area contributed by atoms with Gasteiger partial charge in [0.1, 0.15) is 5.66 Å². The van der Waals surface area contributed by atoms with Crippen molar-refractivity contribution >= 4 is 17.5 Å². The second-order valence-electron chi connectivity index (χ2n) is 2.99. The van der Waals surface area contributed by atoms with E-state index < -0.39 is 28.9 Å². The maximum Gasteiger partial charge on any atom is 0.266 e. The Hall–Kier alpha value is -0.340. The van der Waals surface area contributed by atoms with Gasteiger partial charge in [-0.25, -0.2) is 0 Å². The summed E-state index contributed by atoms with van der Waals surface area (Å²) in [5.74, 6) is 4.30. The first kappa shape index (κ1) is 14.7. The van der Waals surface area contributed by atoms with E-state index in [0.29, 0.717) is 0 Å². The van der Waals surface area contributed by atoms with Crippen LogP contribution in [-0.2, 0) is 19.2 Å². The van der Waals surface area contributed by atoms with Crippen LogP contribution in [0, 0.1) is 11.8 Å². The molecule has 0 bridgehead atoms. The zero-order valence-corrected chi connectivity index (χ0v) is 10.6. The Labute approximate surface area is 90.4 Å². The third-order valence-electron chi connectivity index (χ3n) is 1.63. The summed E-state index contributed by atoms with van der Waals surface area (Å²) < 4.78 is 46.9. The molecule has 88 valence electrons. The fraction of sp³-hybridized carbons (Fsp3) is 0.750. The molecule has 0 saturated carbocycles. The fourth-order valence-corrected chi connectivity index (χ4v) is 4.19. The molecule has 0 saturated heterocycles. The molecule has 0 heterocycles. The van der Waals surface area contributed by atoms with Crippen molar-refractivity contribution < 1.29 is 22.1 Å². The van der Waals surface area contributed by atoms with Gasteiger partial charge >= 0.3 is 0 Å². The molecule has 7 heteroatoms. The van der Waals surface area contributed by atoms with E-state index in [1.165, 1.54) is 13.6 Å². The van der Waals surface area contributed by atoms with Crippen LogP contribution in [0.5, 0.6) is 0 Å². The number of rotatable bonds is 5. The van der Waals surface area contributed by atoms with Crippen molar-refractivity contribution in [2.24, 2.45) is 0 Å². The molecule has 0 amide bonds. The molecule has 0 spiro atoms. The van der Waals surface area contributed by atoms with Gasteiger partial charge in [-0.05, 0) is 13.8 Å². The molecule has 0 aliphatic heterocycles. The Morgan fingerprint density at radius 1 is 1.53 bits per heavy atom. The van der Waals surface area contributed by atoms with Gasteiger partial charge in [0, 0.05) is 6.66 Å². The Balaban J connectivity index is 4.96. The third kappa shape index (κ3) is 5.95. The average molecular weight is 254 g/mol. The van der Waals surface area contributed by atoms with Crippen molar-refractivity contribution in [1.82, 2.24) is 0 Å². The molecule has 2 atom stereocenters. The van der Waals surface area contributed by atoms with E-state index in [0.717, 1.165) is 0 Å². The van der Waals surface area contributed by atoms with Crippen molar-refractivity contribution in [3.8, 4) is 11.8 Å². The predicted octanol–water partition coefficient (Wildman–Crippen LogP) is 1.21. The minimum absolute atomic E-state index is 0.209. The summed E-state index contributed by atoms with van der Waals surface area (Å²) in [5.41, 5.74) is -0.975. The van der Waals surface area contributed by atoms with Crippen LogP contribution in [0.15, 0.2) is 0 Å². The Morgan fingerprint density at radius 2 is 2.07 bits per heavy atom. The zero-order valence-electron chi connectivity index (χ0n) is 8.93. The maximum atomic E-state index is 11.9. The summed E-state index contributed by atoms with van der Waals surface area (Å²) in [4.78, 5) is 0. The Bertz CT molecular complexity index is 402. The van der Waals surface area contributed by atoms with Crippen LogP contribution in [0.3, 0.4) is 0 Å². The van der Waals surface area contributed by atoms with Crippen molar-refractivity contribution in [2.75, 3.05) is 19.0 Å². The lowest BCUT2D eigenvalue weighted by molar-refractivity contribution is 0.334. The molecule has 0 radical (unpaired) electrons. The summed E-state index contributed by atoms with van der Waals surface area (Å²) >= 11 is 0. The van der Waals surface area contributed by atoms with E-state index in [-0.39, 0.29) is 6.61 Å². The van der Waals surface area contributed by atoms with Gasteiger partial charge in [-0.1, -0.05) is 5.92 Å². The first-order valence-corrected chi connectivity index (χ1v) is 8.07. The molecular formula is C8H15O5PS. The lowest BCUT2D eigenvalue weighted by Crippen LogP contribution is -2.20. The summed E-state index contributed by atoms with van der Waals surface area (Å²) in [5, 5.41) is 0. The van der Waals surface area contributed by atoms with Crippen LogP contribution in [0.2, 0.25) is 0 Å². The van der Waals surface area contributed by atoms with E-state index in [2.05, 4.69) is 11.8 Å². The van der Waals surface area contributed by atoms with E-state index in [4.69, 9.17) is 9.08 Å². The lowest BCUT2D eigenvalue weighted by atomic mass is 10.5. The molecular weight excluding hydrogens is 239 g/mol. The summed E-state index contributed by atoms with van der Waals surface area (Å²) in [6, 6.07) is 0. The number of hydrogen-bond donors (Lipinski definition) is 1. The summed E-state index contributed by atoms with van der Waals surface area (Å²) in [6.45, 7) is 4.68.